The molecule has 0 fully saturated rings. The smallest absolute Gasteiger partial charge is 0.268 e. The van der Waals surface area contributed by atoms with Crippen molar-refractivity contribution < 1.29 is 18.6 Å². The summed E-state index contributed by atoms with van der Waals surface area (Å²) in [4.78, 5) is 13.0. The standard InChI is InChI=1S/C26H22F2N4O3S/c1-14-12-32(30-29-14)23-11-18-19(13-31(4)25(33)24(18)36-23)17-9-15(26(2,3)34)5-7-21(17)35-22-8-6-16(27)10-20(22)28/h5-13,34H,1-4H3. The zero-order valence-corrected chi connectivity index (χ0v) is 20.7. The normalized spacial score (nSPS) is 11.9. The molecule has 0 unspecified atom stereocenters. The number of nitrogens with zero attached hydrogens (tertiary/aromatic N) is 4. The zero-order chi connectivity index (χ0) is 25.8. The van der Waals surface area contributed by atoms with E-state index in [0.29, 0.717) is 31.8 Å². The summed E-state index contributed by atoms with van der Waals surface area (Å²) in [5.41, 5.74) is 1.12. The van der Waals surface area contributed by atoms with Crippen LogP contribution in [0.5, 0.6) is 11.5 Å². The van der Waals surface area contributed by atoms with Crippen LogP contribution in [0.1, 0.15) is 25.1 Å². The molecule has 0 saturated carbocycles. The van der Waals surface area contributed by atoms with E-state index >= 15 is 0 Å². The largest absolute Gasteiger partial charge is 0.454 e. The molecule has 0 saturated heterocycles. The van der Waals surface area contributed by atoms with Crippen LogP contribution >= 0.6 is 11.3 Å². The van der Waals surface area contributed by atoms with Crippen LogP contribution in [-0.4, -0.2) is 24.7 Å². The minimum atomic E-state index is -1.17. The lowest BCUT2D eigenvalue weighted by atomic mass is 9.93. The molecular formula is C26H22F2N4O3S. The van der Waals surface area contributed by atoms with Crippen LogP contribution in [-0.2, 0) is 12.6 Å². The highest BCUT2D eigenvalue weighted by atomic mass is 32.1. The zero-order valence-electron chi connectivity index (χ0n) is 19.9. The van der Waals surface area contributed by atoms with Crippen LogP contribution in [0.25, 0.3) is 26.2 Å². The van der Waals surface area contributed by atoms with E-state index in [1.54, 1.807) is 56.2 Å². The van der Waals surface area contributed by atoms with Crippen molar-refractivity contribution in [2.24, 2.45) is 7.05 Å². The number of hydrogen-bond acceptors (Lipinski definition) is 6. The van der Waals surface area contributed by atoms with E-state index in [1.165, 1.54) is 22.0 Å². The highest BCUT2D eigenvalue weighted by Gasteiger charge is 2.22. The maximum Gasteiger partial charge on any atom is 0.268 e. The number of halogens is 2. The second-order valence-corrected chi connectivity index (χ2v) is 10.1. The van der Waals surface area contributed by atoms with E-state index in [0.717, 1.165) is 17.8 Å². The quantitative estimate of drug-likeness (QED) is 0.341. The van der Waals surface area contributed by atoms with Crippen molar-refractivity contribution in [1.29, 1.82) is 0 Å². The monoisotopic (exact) mass is 508 g/mol. The lowest BCUT2D eigenvalue weighted by molar-refractivity contribution is 0.0786. The first-order chi connectivity index (χ1) is 17.0. The van der Waals surface area contributed by atoms with E-state index in [2.05, 4.69) is 10.3 Å². The molecule has 36 heavy (non-hydrogen) atoms. The fourth-order valence-corrected chi connectivity index (χ4v) is 4.97. The molecule has 0 radical (unpaired) electrons. The Morgan fingerprint density at radius 2 is 1.78 bits per heavy atom. The number of fused-ring (bicyclic) bond motifs is 1. The molecule has 0 spiro atoms. The molecule has 0 aliphatic carbocycles. The molecule has 0 aliphatic heterocycles. The Hall–Kier alpha value is -3.89. The maximum atomic E-state index is 14.4. The number of aliphatic hydroxyl groups is 1. The number of ether oxygens (including phenoxy) is 1. The molecule has 5 rings (SSSR count). The summed E-state index contributed by atoms with van der Waals surface area (Å²) >= 11 is 1.27. The molecule has 5 aromatic rings. The summed E-state index contributed by atoms with van der Waals surface area (Å²) in [5.74, 6) is -1.44. The van der Waals surface area contributed by atoms with Crippen molar-refractivity contribution >= 4 is 21.4 Å². The molecule has 0 atom stereocenters. The molecule has 10 heteroatoms. The fourth-order valence-electron chi connectivity index (χ4n) is 3.89. The van der Waals surface area contributed by atoms with Crippen LogP contribution in [0.2, 0.25) is 0 Å². The molecule has 3 aromatic heterocycles. The van der Waals surface area contributed by atoms with Gasteiger partial charge in [0.1, 0.15) is 21.3 Å². The van der Waals surface area contributed by atoms with Gasteiger partial charge in [-0.25, -0.2) is 13.5 Å². The van der Waals surface area contributed by atoms with Crippen LogP contribution in [0.15, 0.2) is 59.7 Å². The van der Waals surface area contributed by atoms with Gasteiger partial charge in [0.15, 0.2) is 11.6 Å². The van der Waals surface area contributed by atoms with Gasteiger partial charge < -0.3 is 14.4 Å². The van der Waals surface area contributed by atoms with Gasteiger partial charge in [-0.3, -0.25) is 4.79 Å². The highest BCUT2D eigenvalue weighted by Crippen LogP contribution is 2.41. The van der Waals surface area contributed by atoms with Gasteiger partial charge >= 0.3 is 0 Å². The van der Waals surface area contributed by atoms with Gasteiger partial charge in [0, 0.05) is 35.8 Å². The van der Waals surface area contributed by atoms with Crippen LogP contribution in [0, 0.1) is 18.6 Å². The van der Waals surface area contributed by atoms with E-state index in [-0.39, 0.29) is 17.1 Å². The number of benzene rings is 2. The molecule has 0 aliphatic rings. The summed E-state index contributed by atoms with van der Waals surface area (Å²) in [6, 6.07) is 9.95. The predicted molar refractivity (Wildman–Crippen MR) is 134 cm³/mol. The Balaban J connectivity index is 1.76. The highest BCUT2D eigenvalue weighted by molar-refractivity contribution is 7.21. The Morgan fingerprint density at radius 3 is 2.44 bits per heavy atom. The maximum absolute atomic E-state index is 14.4. The Bertz CT molecular complexity index is 1680. The number of thiophene rings is 1. The first kappa shape index (κ1) is 23.8. The van der Waals surface area contributed by atoms with E-state index in [1.807, 2.05) is 13.0 Å². The van der Waals surface area contributed by atoms with Gasteiger partial charge in [0.25, 0.3) is 5.56 Å². The van der Waals surface area contributed by atoms with Crippen molar-refractivity contribution in [3.63, 3.8) is 0 Å². The molecule has 3 heterocycles. The third-order valence-corrected chi connectivity index (χ3v) is 6.88. The van der Waals surface area contributed by atoms with Gasteiger partial charge in [-0.2, -0.15) is 0 Å². The second kappa shape index (κ2) is 8.65. The van der Waals surface area contributed by atoms with Gasteiger partial charge in [-0.15, -0.1) is 16.4 Å². The first-order valence-corrected chi connectivity index (χ1v) is 11.9. The summed E-state index contributed by atoms with van der Waals surface area (Å²) < 4.78 is 37.3. The molecule has 2 aromatic carbocycles. The molecule has 1 N–H and O–H groups in total. The van der Waals surface area contributed by atoms with Crippen molar-refractivity contribution in [2.75, 3.05) is 0 Å². The van der Waals surface area contributed by atoms with Crippen molar-refractivity contribution in [3.05, 3.63) is 88.1 Å². The average Bonchev–Trinajstić information content (AvgIpc) is 3.44. The SMILES string of the molecule is Cc1cn(-c2cc3c(-c4cc(C(C)(C)O)ccc4Oc4ccc(F)cc4F)cn(C)c(=O)c3s2)nn1. The number of aryl methyl sites for hydroxylation is 2. The Labute approximate surface area is 208 Å². The van der Waals surface area contributed by atoms with Gasteiger partial charge in [0.2, 0.25) is 0 Å². The van der Waals surface area contributed by atoms with Crippen molar-refractivity contribution in [2.45, 2.75) is 26.4 Å². The predicted octanol–water partition coefficient (Wildman–Crippen LogP) is 5.45. The third-order valence-electron chi connectivity index (χ3n) is 5.77. The fraction of sp³-hybridized carbons (Fsp3) is 0.192. The second-order valence-electron chi connectivity index (χ2n) is 9.04. The van der Waals surface area contributed by atoms with E-state index < -0.39 is 17.2 Å². The average molecular weight is 509 g/mol. The van der Waals surface area contributed by atoms with Gasteiger partial charge in [-0.05, 0) is 56.7 Å². The van der Waals surface area contributed by atoms with Crippen LogP contribution in [0.3, 0.4) is 0 Å². The lowest BCUT2D eigenvalue weighted by Gasteiger charge is -2.21. The van der Waals surface area contributed by atoms with Crippen molar-refractivity contribution in [3.8, 4) is 27.6 Å². The molecular weight excluding hydrogens is 486 g/mol. The summed E-state index contributed by atoms with van der Waals surface area (Å²) in [5, 5.41) is 20.1. The lowest BCUT2D eigenvalue weighted by Crippen LogP contribution is -2.16. The molecule has 184 valence electrons. The van der Waals surface area contributed by atoms with Gasteiger partial charge in [-0.1, -0.05) is 11.3 Å². The first-order valence-electron chi connectivity index (χ1n) is 11.0. The third kappa shape index (κ3) is 4.29. The van der Waals surface area contributed by atoms with Crippen LogP contribution < -0.4 is 10.3 Å². The number of pyridine rings is 1. The minimum absolute atomic E-state index is 0.154. The Morgan fingerprint density at radius 1 is 1.03 bits per heavy atom. The Kier molecular flexibility index (Phi) is 5.73. The van der Waals surface area contributed by atoms with Crippen LogP contribution in [0.4, 0.5) is 8.78 Å². The molecule has 0 bridgehead atoms. The number of aromatic nitrogens is 4. The van der Waals surface area contributed by atoms with E-state index in [4.69, 9.17) is 4.74 Å². The topological polar surface area (TPSA) is 82.2 Å². The summed E-state index contributed by atoms with van der Waals surface area (Å²) in [6.07, 6.45) is 3.43. The summed E-state index contributed by atoms with van der Waals surface area (Å²) in [7, 11) is 1.64. The van der Waals surface area contributed by atoms with E-state index in [9.17, 15) is 18.7 Å². The number of rotatable bonds is 5. The van der Waals surface area contributed by atoms with Crippen molar-refractivity contribution in [1.82, 2.24) is 19.6 Å². The number of hydrogen-bond donors (Lipinski definition) is 1. The molecule has 7 nitrogen and oxygen atoms in total. The molecule has 0 amide bonds. The van der Waals surface area contributed by atoms with Gasteiger partial charge in [0.05, 0.1) is 17.5 Å². The summed E-state index contributed by atoms with van der Waals surface area (Å²) in [6.45, 7) is 5.12. The minimum Gasteiger partial charge on any atom is -0.454 e.